The van der Waals surface area contributed by atoms with E-state index in [0.717, 1.165) is 12.5 Å². The molecular formula is C11H17N. The molecule has 0 amide bonds. The number of allylic oxidation sites excluding steroid dienone is 2. The Hall–Kier alpha value is -0.720. The lowest BCUT2D eigenvalue weighted by Crippen LogP contribution is -2.20. The van der Waals surface area contributed by atoms with E-state index < -0.39 is 0 Å². The molecule has 0 aromatic heterocycles. The van der Waals surface area contributed by atoms with Crippen molar-refractivity contribution < 1.29 is 0 Å². The molecule has 1 fully saturated rings. The monoisotopic (exact) mass is 163 g/mol. The summed E-state index contributed by atoms with van der Waals surface area (Å²) in [5, 5.41) is 3.28. The van der Waals surface area contributed by atoms with Gasteiger partial charge in [-0.05, 0) is 36.6 Å². The van der Waals surface area contributed by atoms with Gasteiger partial charge in [-0.25, -0.2) is 0 Å². The first-order valence-electron chi connectivity index (χ1n) is 5.06. The van der Waals surface area contributed by atoms with E-state index in [4.69, 9.17) is 0 Å². The van der Waals surface area contributed by atoms with E-state index in [9.17, 15) is 0 Å². The van der Waals surface area contributed by atoms with Gasteiger partial charge in [-0.3, -0.25) is 0 Å². The van der Waals surface area contributed by atoms with Crippen LogP contribution < -0.4 is 5.32 Å². The van der Waals surface area contributed by atoms with Crippen LogP contribution >= 0.6 is 0 Å². The van der Waals surface area contributed by atoms with Crippen molar-refractivity contribution in [2.24, 2.45) is 5.92 Å². The smallest absolute Gasteiger partial charge is 0.0360 e. The van der Waals surface area contributed by atoms with Crippen LogP contribution in [0.25, 0.3) is 0 Å². The van der Waals surface area contributed by atoms with Gasteiger partial charge in [-0.1, -0.05) is 25.3 Å². The Morgan fingerprint density at radius 3 is 2.67 bits per heavy atom. The highest BCUT2D eigenvalue weighted by Crippen LogP contribution is 2.29. The van der Waals surface area contributed by atoms with Gasteiger partial charge in [-0.15, -0.1) is 0 Å². The minimum atomic E-state index is 0.885. The standard InChI is InChI=1S/C11H17N/c1-2-5-10(6-3-1)11-7-4-8-12-9-11/h4,7-8,10,12H,1-3,5-6,9H2. The Bertz CT molecular complexity index is 197. The average molecular weight is 163 g/mol. The van der Waals surface area contributed by atoms with E-state index in [1.807, 2.05) is 6.20 Å². The number of dihydropyridines is 1. The lowest BCUT2D eigenvalue weighted by Gasteiger charge is -2.25. The minimum Gasteiger partial charge on any atom is -0.387 e. The van der Waals surface area contributed by atoms with Crippen molar-refractivity contribution in [1.82, 2.24) is 5.32 Å². The van der Waals surface area contributed by atoms with Gasteiger partial charge in [0.05, 0.1) is 0 Å². The molecule has 2 aliphatic rings. The topological polar surface area (TPSA) is 12.0 Å². The van der Waals surface area contributed by atoms with E-state index in [2.05, 4.69) is 17.5 Å². The summed E-state index contributed by atoms with van der Waals surface area (Å²) in [4.78, 5) is 0. The van der Waals surface area contributed by atoms with Crippen LogP contribution in [-0.4, -0.2) is 6.54 Å². The number of rotatable bonds is 1. The molecular weight excluding hydrogens is 146 g/mol. The summed E-state index contributed by atoms with van der Waals surface area (Å²) in [7, 11) is 0. The lowest BCUT2D eigenvalue weighted by atomic mass is 9.83. The predicted octanol–water partition coefficient (Wildman–Crippen LogP) is 2.61. The van der Waals surface area contributed by atoms with Crippen LogP contribution in [0.5, 0.6) is 0 Å². The Labute approximate surface area is 74.5 Å². The molecule has 1 saturated carbocycles. The highest BCUT2D eigenvalue weighted by atomic mass is 14.8. The van der Waals surface area contributed by atoms with Crippen molar-refractivity contribution in [3.05, 3.63) is 23.9 Å². The van der Waals surface area contributed by atoms with Crippen molar-refractivity contribution >= 4 is 0 Å². The first kappa shape index (κ1) is 7.90. The molecule has 0 spiro atoms. The molecule has 0 atom stereocenters. The van der Waals surface area contributed by atoms with Crippen LogP contribution in [0.4, 0.5) is 0 Å². The second kappa shape index (κ2) is 3.79. The molecule has 1 N–H and O–H groups in total. The lowest BCUT2D eigenvalue weighted by molar-refractivity contribution is 0.396. The largest absolute Gasteiger partial charge is 0.387 e. The zero-order valence-corrected chi connectivity index (χ0v) is 7.55. The summed E-state index contributed by atoms with van der Waals surface area (Å²) in [6.07, 6.45) is 13.6. The molecule has 66 valence electrons. The van der Waals surface area contributed by atoms with E-state index in [1.165, 1.54) is 32.1 Å². The first-order valence-corrected chi connectivity index (χ1v) is 5.06. The van der Waals surface area contributed by atoms with E-state index >= 15 is 0 Å². The van der Waals surface area contributed by atoms with Gasteiger partial charge in [0.1, 0.15) is 0 Å². The SMILES string of the molecule is C1=CNCC(C2CCCCC2)=C1. The highest BCUT2D eigenvalue weighted by molar-refractivity contribution is 5.20. The van der Waals surface area contributed by atoms with Gasteiger partial charge in [0.15, 0.2) is 0 Å². The third-order valence-corrected chi connectivity index (χ3v) is 2.96. The quantitative estimate of drug-likeness (QED) is 0.626. The molecule has 0 aromatic rings. The van der Waals surface area contributed by atoms with Gasteiger partial charge < -0.3 is 5.32 Å². The second-order valence-electron chi connectivity index (χ2n) is 3.82. The van der Waals surface area contributed by atoms with Crippen LogP contribution in [0.3, 0.4) is 0 Å². The van der Waals surface area contributed by atoms with Gasteiger partial charge in [0.25, 0.3) is 0 Å². The van der Waals surface area contributed by atoms with Crippen molar-refractivity contribution in [3.63, 3.8) is 0 Å². The summed E-state index contributed by atoms with van der Waals surface area (Å²) in [5.74, 6) is 0.885. The molecule has 0 aromatic carbocycles. The summed E-state index contributed by atoms with van der Waals surface area (Å²) in [5.41, 5.74) is 1.62. The molecule has 1 nitrogen and oxygen atoms in total. The van der Waals surface area contributed by atoms with Crippen LogP contribution in [0.2, 0.25) is 0 Å². The number of nitrogens with one attached hydrogen (secondary N) is 1. The Balaban J connectivity index is 1.97. The average Bonchev–Trinajstić information content (AvgIpc) is 2.21. The Kier molecular flexibility index (Phi) is 2.50. The fraction of sp³-hybridized carbons (Fsp3) is 0.636. The molecule has 2 rings (SSSR count). The van der Waals surface area contributed by atoms with Crippen LogP contribution in [0, 0.1) is 5.92 Å². The Morgan fingerprint density at radius 1 is 1.17 bits per heavy atom. The molecule has 1 heteroatoms. The maximum absolute atomic E-state index is 3.28. The van der Waals surface area contributed by atoms with Gasteiger partial charge in [0, 0.05) is 6.54 Å². The molecule has 1 aliphatic heterocycles. The minimum absolute atomic E-state index is 0.885. The van der Waals surface area contributed by atoms with Gasteiger partial charge >= 0.3 is 0 Å². The van der Waals surface area contributed by atoms with Gasteiger partial charge in [-0.2, -0.15) is 0 Å². The van der Waals surface area contributed by atoms with Crippen molar-refractivity contribution in [3.8, 4) is 0 Å². The Morgan fingerprint density at radius 2 is 2.00 bits per heavy atom. The first-order chi connectivity index (χ1) is 5.97. The number of hydrogen-bond acceptors (Lipinski definition) is 1. The highest BCUT2D eigenvalue weighted by Gasteiger charge is 2.17. The summed E-state index contributed by atoms with van der Waals surface area (Å²) in [6, 6.07) is 0. The summed E-state index contributed by atoms with van der Waals surface area (Å²) < 4.78 is 0. The predicted molar refractivity (Wildman–Crippen MR) is 51.8 cm³/mol. The van der Waals surface area contributed by atoms with Crippen LogP contribution in [-0.2, 0) is 0 Å². The maximum Gasteiger partial charge on any atom is 0.0360 e. The van der Waals surface area contributed by atoms with Crippen molar-refractivity contribution in [2.75, 3.05) is 6.54 Å². The van der Waals surface area contributed by atoms with E-state index in [1.54, 1.807) is 5.57 Å². The van der Waals surface area contributed by atoms with Crippen molar-refractivity contribution in [1.29, 1.82) is 0 Å². The zero-order valence-electron chi connectivity index (χ0n) is 7.55. The molecule has 0 radical (unpaired) electrons. The second-order valence-corrected chi connectivity index (χ2v) is 3.82. The fourth-order valence-electron chi connectivity index (χ4n) is 2.23. The van der Waals surface area contributed by atoms with Crippen LogP contribution in [0.1, 0.15) is 32.1 Å². The molecule has 0 bridgehead atoms. The maximum atomic E-state index is 3.28. The van der Waals surface area contributed by atoms with Crippen LogP contribution in [0.15, 0.2) is 23.9 Å². The fourth-order valence-corrected chi connectivity index (χ4v) is 2.23. The third-order valence-electron chi connectivity index (χ3n) is 2.96. The van der Waals surface area contributed by atoms with E-state index in [0.29, 0.717) is 0 Å². The molecule has 0 saturated heterocycles. The molecule has 0 unspecified atom stereocenters. The zero-order chi connectivity index (χ0) is 8.23. The third kappa shape index (κ3) is 1.71. The number of hydrogen-bond donors (Lipinski definition) is 1. The molecule has 1 aliphatic carbocycles. The van der Waals surface area contributed by atoms with Gasteiger partial charge in [0.2, 0.25) is 0 Å². The summed E-state index contributed by atoms with van der Waals surface area (Å²) >= 11 is 0. The molecule has 1 heterocycles. The van der Waals surface area contributed by atoms with E-state index in [-0.39, 0.29) is 0 Å². The van der Waals surface area contributed by atoms with Crippen molar-refractivity contribution in [2.45, 2.75) is 32.1 Å². The molecule has 12 heavy (non-hydrogen) atoms. The normalized spacial score (nSPS) is 24.8. The summed E-state index contributed by atoms with van der Waals surface area (Å²) in [6.45, 7) is 1.08.